The number of hydrogen-bond acceptors (Lipinski definition) is 5. The van der Waals surface area contributed by atoms with Gasteiger partial charge in [-0.1, -0.05) is 6.92 Å². The van der Waals surface area contributed by atoms with Crippen molar-refractivity contribution in [3.8, 4) is 0 Å². The van der Waals surface area contributed by atoms with Crippen molar-refractivity contribution in [3.63, 3.8) is 0 Å². The van der Waals surface area contributed by atoms with Gasteiger partial charge >= 0.3 is 5.69 Å². The van der Waals surface area contributed by atoms with Crippen LogP contribution in [0.1, 0.15) is 18.4 Å². The minimum atomic E-state index is -0.406. The fraction of sp³-hybridized carbons (Fsp3) is 0.364. The summed E-state index contributed by atoms with van der Waals surface area (Å²) in [7, 11) is 1.68. The van der Waals surface area contributed by atoms with Crippen molar-refractivity contribution in [2.24, 2.45) is 7.05 Å². The lowest BCUT2D eigenvalue weighted by Gasteiger charge is -2.03. The van der Waals surface area contributed by atoms with Crippen LogP contribution < -0.4 is 5.32 Å². The molecule has 1 N–H and O–H groups in total. The molecule has 0 saturated carbocycles. The second-order valence-corrected chi connectivity index (χ2v) is 3.81. The van der Waals surface area contributed by atoms with Gasteiger partial charge in [0.25, 0.3) is 0 Å². The number of nitro groups is 1. The summed E-state index contributed by atoms with van der Waals surface area (Å²) in [4.78, 5) is 10.7. The maximum absolute atomic E-state index is 11.1. The van der Waals surface area contributed by atoms with Gasteiger partial charge in [0.2, 0.25) is 5.82 Å². The second-order valence-electron chi connectivity index (χ2n) is 3.81. The average molecular weight is 250 g/mol. The zero-order valence-corrected chi connectivity index (χ0v) is 10.2. The summed E-state index contributed by atoms with van der Waals surface area (Å²) in [5, 5.41) is 18.2. The Kier molecular flexibility index (Phi) is 3.31. The van der Waals surface area contributed by atoms with E-state index in [1.165, 1.54) is 4.68 Å². The molecule has 2 aromatic heterocycles. The summed E-state index contributed by atoms with van der Waals surface area (Å²) in [6.07, 6.45) is 2.08. The normalized spacial score (nSPS) is 10.6. The average Bonchev–Trinajstić information content (AvgIpc) is 2.93. The quantitative estimate of drug-likeness (QED) is 0.648. The van der Waals surface area contributed by atoms with Crippen LogP contribution in [-0.2, 0) is 20.0 Å². The van der Waals surface area contributed by atoms with Gasteiger partial charge in [-0.25, -0.2) is 4.68 Å². The summed E-state index contributed by atoms with van der Waals surface area (Å²) >= 11 is 0. The molecule has 0 atom stereocenters. The summed E-state index contributed by atoms with van der Waals surface area (Å²) in [5.41, 5.74) is 0.510. The van der Waals surface area contributed by atoms with Crippen molar-refractivity contribution in [2.75, 3.05) is 5.32 Å². The van der Waals surface area contributed by atoms with Crippen LogP contribution in [0.15, 0.2) is 22.8 Å². The van der Waals surface area contributed by atoms with Crippen molar-refractivity contribution in [3.05, 3.63) is 40.0 Å². The van der Waals surface area contributed by atoms with Crippen molar-refractivity contribution in [2.45, 2.75) is 19.9 Å². The van der Waals surface area contributed by atoms with E-state index in [4.69, 9.17) is 4.42 Å². The molecule has 0 aromatic carbocycles. The van der Waals surface area contributed by atoms with Crippen LogP contribution in [0.4, 0.5) is 11.5 Å². The molecule has 0 amide bonds. The summed E-state index contributed by atoms with van der Waals surface area (Å²) in [6.45, 7) is 2.22. The lowest BCUT2D eigenvalue weighted by atomic mass is 10.3. The van der Waals surface area contributed by atoms with Crippen LogP contribution in [0, 0.1) is 10.1 Å². The fourth-order valence-electron chi connectivity index (χ4n) is 1.78. The van der Waals surface area contributed by atoms with Gasteiger partial charge in [0.1, 0.15) is 11.5 Å². The monoisotopic (exact) mass is 250 g/mol. The number of aryl methyl sites for hydroxylation is 2. The van der Waals surface area contributed by atoms with E-state index in [0.29, 0.717) is 30.2 Å². The number of aromatic nitrogens is 2. The summed E-state index contributed by atoms with van der Waals surface area (Å²) < 4.78 is 6.65. The van der Waals surface area contributed by atoms with Crippen LogP contribution in [0.3, 0.4) is 0 Å². The number of hydrogen-bond donors (Lipinski definition) is 1. The molecule has 2 heterocycles. The minimum absolute atomic E-state index is 0.0338. The van der Waals surface area contributed by atoms with Gasteiger partial charge in [-0.15, -0.1) is 0 Å². The van der Waals surface area contributed by atoms with E-state index < -0.39 is 4.92 Å². The van der Waals surface area contributed by atoms with Crippen molar-refractivity contribution in [1.82, 2.24) is 9.78 Å². The number of anilines is 1. The van der Waals surface area contributed by atoms with Gasteiger partial charge in [0.15, 0.2) is 0 Å². The zero-order valence-electron chi connectivity index (χ0n) is 10.2. The van der Waals surface area contributed by atoms with Gasteiger partial charge in [0, 0.05) is 7.05 Å². The van der Waals surface area contributed by atoms with Gasteiger partial charge in [0.05, 0.1) is 17.7 Å². The first-order valence-electron chi connectivity index (χ1n) is 5.60. The van der Waals surface area contributed by atoms with E-state index >= 15 is 0 Å². The molecule has 0 fully saturated rings. The molecule has 0 aliphatic heterocycles. The standard InChI is InChI=1S/C11H14N4O3/c1-3-9-10(15(16)17)11(14(2)13-9)12-7-8-5-4-6-18-8/h4-6,12H,3,7H2,1-2H3. The van der Waals surface area contributed by atoms with Crippen molar-refractivity contribution in [1.29, 1.82) is 0 Å². The Hall–Kier alpha value is -2.31. The van der Waals surface area contributed by atoms with E-state index in [9.17, 15) is 10.1 Å². The lowest BCUT2D eigenvalue weighted by Crippen LogP contribution is -2.05. The third-order valence-electron chi connectivity index (χ3n) is 2.62. The third kappa shape index (κ3) is 2.20. The van der Waals surface area contributed by atoms with Gasteiger partial charge in [-0.3, -0.25) is 10.1 Å². The molecule has 0 spiro atoms. The van der Waals surface area contributed by atoms with E-state index in [2.05, 4.69) is 10.4 Å². The smallest absolute Gasteiger partial charge is 0.333 e. The fourth-order valence-corrected chi connectivity index (χ4v) is 1.78. The molecule has 7 nitrogen and oxygen atoms in total. The van der Waals surface area contributed by atoms with Crippen LogP contribution in [0.25, 0.3) is 0 Å². The van der Waals surface area contributed by atoms with E-state index in [1.54, 1.807) is 25.4 Å². The SMILES string of the molecule is CCc1nn(C)c(NCc2ccco2)c1[N+](=O)[O-]. The van der Waals surface area contributed by atoms with Gasteiger partial charge < -0.3 is 9.73 Å². The third-order valence-corrected chi connectivity index (χ3v) is 2.62. The van der Waals surface area contributed by atoms with Crippen LogP contribution in [0.5, 0.6) is 0 Å². The Balaban J connectivity index is 2.26. The van der Waals surface area contributed by atoms with Crippen LogP contribution in [-0.4, -0.2) is 14.7 Å². The Bertz CT molecular complexity index is 545. The van der Waals surface area contributed by atoms with E-state index in [0.717, 1.165) is 0 Å². The molecular weight excluding hydrogens is 236 g/mol. The van der Waals surface area contributed by atoms with E-state index in [-0.39, 0.29) is 5.69 Å². The highest BCUT2D eigenvalue weighted by Gasteiger charge is 2.25. The van der Waals surface area contributed by atoms with Crippen molar-refractivity contribution >= 4 is 11.5 Å². The Morgan fingerprint density at radius 1 is 1.61 bits per heavy atom. The molecule has 7 heteroatoms. The van der Waals surface area contributed by atoms with Crippen LogP contribution >= 0.6 is 0 Å². The Morgan fingerprint density at radius 2 is 2.39 bits per heavy atom. The van der Waals surface area contributed by atoms with Crippen LogP contribution in [0.2, 0.25) is 0 Å². The first kappa shape index (κ1) is 12.2. The van der Waals surface area contributed by atoms with E-state index in [1.807, 2.05) is 6.92 Å². The molecule has 0 bridgehead atoms. The molecule has 0 aliphatic carbocycles. The molecule has 0 aliphatic rings. The second kappa shape index (κ2) is 4.91. The molecule has 0 radical (unpaired) electrons. The number of nitrogens with zero attached hydrogens (tertiary/aromatic N) is 3. The number of furan rings is 1. The minimum Gasteiger partial charge on any atom is -0.467 e. The molecule has 96 valence electrons. The van der Waals surface area contributed by atoms with Gasteiger partial charge in [-0.05, 0) is 18.6 Å². The predicted octanol–water partition coefficient (Wildman–Crippen LogP) is 2.10. The summed E-state index contributed by atoms with van der Waals surface area (Å²) in [5.74, 6) is 1.11. The molecular formula is C11H14N4O3. The number of rotatable bonds is 5. The number of nitrogens with one attached hydrogen (secondary N) is 1. The lowest BCUT2D eigenvalue weighted by molar-refractivity contribution is -0.384. The largest absolute Gasteiger partial charge is 0.467 e. The Morgan fingerprint density at radius 3 is 2.94 bits per heavy atom. The first-order chi connectivity index (χ1) is 8.63. The molecule has 18 heavy (non-hydrogen) atoms. The molecule has 2 rings (SSSR count). The first-order valence-corrected chi connectivity index (χ1v) is 5.60. The highest BCUT2D eigenvalue weighted by molar-refractivity contribution is 5.59. The highest BCUT2D eigenvalue weighted by Crippen LogP contribution is 2.28. The topological polar surface area (TPSA) is 86.1 Å². The highest BCUT2D eigenvalue weighted by atomic mass is 16.6. The van der Waals surface area contributed by atoms with Gasteiger partial charge in [-0.2, -0.15) is 5.10 Å². The molecule has 0 unspecified atom stereocenters. The Labute approximate surface area is 104 Å². The van der Waals surface area contributed by atoms with Crippen molar-refractivity contribution < 1.29 is 9.34 Å². The molecule has 0 saturated heterocycles. The maximum atomic E-state index is 11.1. The maximum Gasteiger partial charge on any atom is 0.333 e. The predicted molar refractivity (Wildman–Crippen MR) is 65.3 cm³/mol. The zero-order chi connectivity index (χ0) is 13.1. The molecule has 2 aromatic rings. The summed E-state index contributed by atoms with van der Waals surface area (Å²) in [6, 6.07) is 3.57.